The predicted octanol–water partition coefficient (Wildman–Crippen LogP) is 5.16. The first-order valence-electron chi connectivity index (χ1n) is 8.17. The molecule has 0 fully saturated rings. The monoisotopic (exact) mass is 344 g/mol. The summed E-state index contributed by atoms with van der Waals surface area (Å²) < 4.78 is 5.59. The van der Waals surface area contributed by atoms with Crippen molar-refractivity contribution in [2.45, 2.75) is 45.4 Å². The molecular weight excluding hydrogens is 324 g/mol. The lowest BCUT2D eigenvalue weighted by atomic mass is 10.1. The largest absolute Gasteiger partial charge is 0.422 e. The summed E-state index contributed by atoms with van der Waals surface area (Å²) >= 11 is 5.83. The van der Waals surface area contributed by atoms with Crippen LogP contribution in [0, 0.1) is 11.3 Å². The normalized spacial score (nSPS) is 10.9. The van der Waals surface area contributed by atoms with Gasteiger partial charge < -0.3 is 4.42 Å². The van der Waals surface area contributed by atoms with Crippen molar-refractivity contribution in [2.24, 2.45) is 5.10 Å². The van der Waals surface area contributed by atoms with Gasteiger partial charge in [0.1, 0.15) is 6.07 Å². The molecule has 0 bridgehead atoms. The van der Waals surface area contributed by atoms with Gasteiger partial charge in [-0.05, 0) is 24.1 Å². The Kier molecular flexibility index (Phi) is 7.31. The average molecular weight is 345 g/mol. The third-order valence-corrected chi connectivity index (χ3v) is 3.77. The van der Waals surface area contributed by atoms with Crippen LogP contribution in [0.5, 0.6) is 0 Å². The molecule has 0 radical (unpaired) electrons. The first-order valence-corrected chi connectivity index (χ1v) is 8.55. The Bertz CT molecular complexity index is 701. The quantitative estimate of drug-likeness (QED) is 0.387. The van der Waals surface area contributed by atoms with E-state index in [4.69, 9.17) is 21.3 Å². The zero-order valence-electron chi connectivity index (χ0n) is 13.8. The van der Waals surface area contributed by atoms with Gasteiger partial charge in [0, 0.05) is 11.4 Å². The van der Waals surface area contributed by atoms with Gasteiger partial charge in [-0.25, -0.2) is 10.4 Å². The van der Waals surface area contributed by atoms with Crippen LogP contribution in [0.15, 0.2) is 33.8 Å². The van der Waals surface area contributed by atoms with Crippen LogP contribution in [0.4, 0.5) is 5.88 Å². The highest BCUT2D eigenvalue weighted by Crippen LogP contribution is 2.18. The van der Waals surface area contributed by atoms with Crippen LogP contribution in [-0.4, -0.2) is 11.2 Å². The molecule has 24 heavy (non-hydrogen) atoms. The third kappa shape index (κ3) is 5.71. The van der Waals surface area contributed by atoms with Crippen LogP contribution < -0.4 is 5.43 Å². The minimum absolute atomic E-state index is 0.229. The second kappa shape index (κ2) is 9.74. The van der Waals surface area contributed by atoms with Crippen molar-refractivity contribution in [1.82, 2.24) is 4.98 Å². The maximum Gasteiger partial charge on any atom is 0.252 e. The van der Waals surface area contributed by atoms with Crippen molar-refractivity contribution in [2.75, 3.05) is 5.43 Å². The zero-order chi connectivity index (χ0) is 17.2. The number of hydrazone groups is 1. The highest BCUT2D eigenvalue weighted by atomic mass is 35.5. The van der Waals surface area contributed by atoms with E-state index in [1.54, 1.807) is 18.3 Å². The number of benzene rings is 1. The standard InChI is InChI=1S/C18H21ClN4O/c1-2-3-4-5-6-7-17-22-16(12-20)18(24-17)23-21-13-14-8-10-15(19)11-9-14/h8-11,13,23H,2-7H2,1H3/b21-13+. The van der Waals surface area contributed by atoms with E-state index in [1.807, 2.05) is 18.2 Å². The van der Waals surface area contributed by atoms with Crippen molar-refractivity contribution in [1.29, 1.82) is 5.26 Å². The Morgan fingerprint density at radius 1 is 1.25 bits per heavy atom. The summed E-state index contributed by atoms with van der Waals surface area (Å²) in [5, 5.41) is 13.9. The summed E-state index contributed by atoms with van der Waals surface area (Å²) in [6, 6.07) is 9.29. The summed E-state index contributed by atoms with van der Waals surface area (Å²) in [5.74, 6) is 0.860. The number of halogens is 1. The lowest BCUT2D eigenvalue weighted by Gasteiger charge is -1.97. The van der Waals surface area contributed by atoms with Gasteiger partial charge in [-0.1, -0.05) is 56.3 Å². The lowest BCUT2D eigenvalue weighted by molar-refractivity contribution is 0.488. The van der Waals surface area contributed by atoms with Gasteiger partial charge >= 0.3 is 0 Å². The molecule has 1 heterocycles. The Hall–Kier alpha value is -2.32. The molecule has 6 heteroatoms. The lowest BCUT2D eigenvalue weighted by Crippen LogP contribution is -1.91. The third-order valence-electron chi connectivity index (χ3n) is 3.52. The molecule has 0 saturated heterocycles. The number of unbranched alkanes of at least 4 members (excludes halogenated alkanes) is 4. The molecule has 0 saturated carbocycles. The van der Waals surface area contributed by atoms with Gasteiger partial charge in [0.2, 0.25) is 5.69 Å². The van der Waals surface area contributed by atoms with Crippen LogP contribution in [0.1, 0.15) is 56.2 Å². The maximum atomic E-state index is 9.14. The number of nitrogens with zero attached hydrogens (tertiary/aromatic N) is 3. The number of nitriles is 1. The van der Waals surface area contributed by atoms with Crippen molar-refractivity contribution in [3.8, 4) is 6.07 Å². The molecule has 0 aliphatic heterocycles. The number of nitrogens with one attached hydrogen (secondary N) is 1. The first-order chi connectivity index (χ1) is 11.7. The summed E-state index contributed by atoms with van der Waals surface area (Å²) in [5.41, 5.74) is 3.86. The van der Waals surface area contributed by atoms with Gasteiger partial charge in [-0.2, -0.15) is 10.4 Å². The molecule has 0 amide bonds. The van der Waals surface area contributed by atoms with Crippen LogP contribution in [-0.2, 0) is 6.42 Å². The van der Waals surface area contributed by atoms with Gasteiger partial charge in [0.05, 0.1) is 6.21 Å². The van der Waals surface area contributed by atoms with E-state index in [1.165, 1.54) is 19.3 Å². The molecule has 2 aromatic rings. The number of hydrogen-bond donors (Lipinski definition) is 1. The van der Waals surface area contributed by atoms with Crippen LogP contribution >= 0.6 is 11.6 Å². The van der Waals surface area contributed by atoms with Gasteiger partial charge in [0.15, 0.2) is 5.89 Å². The highest BCUT2D eigenvalue weighted by molar-refractivity contribution is 6.30. The van der Waals surface area contributed by atoms with Gasteiger partial charge in [0.25, 0.3) is 5.88 Å². The van der Waals surface area contributed by atoms with Crippen molar-refractivity contribution in [3.63, 3.8) is 0 Å². The predicted molar refractivity (Wildman–Crippen MR) is 96.3 cm³/mol. The molecule has 1 N–H and O–H groups in total. The van der Waals surface area contributed by atoms with Gasteiger partial charge in [-0.3, -0.25) is 0 Å². The van der Waals surface area contributed by atoms with E-state index >= 15 is 0 Å². The SMILES string of the molecule is CCCCCCCc1nc(C#N)c(N/N=C/c2ccc(Cl)cc2)o1. The van der Waals surface area contributed by atoms with Crippen LogP contribution in [0.25, 0.3) is 0 Å². The molecule has 126 valence electrons. The van der Waals surface area contributed by atoms with Crippen molar-refractivity contribution < 1.29 is 4.42 Å². The second-order valence-electron chi connectivity index (χ2n) is 5.48. The van der Waals surface area contributed by atoms with Gasteiger partial charge in [-0.15, -0.1) is 0 Å². The second-order valence-corrected chi connectivity index (χ2v) is 5.92. The summed E-state index contributed by atoms with van der Waals surface area (Å²) in [4.78, 5) is 4.20. The molecule has 0 aliphatic rings. The summed E-state index contributed by atoms with van der Waals surface area (Å²) in [6.45, 7) is 2.19. The smallest absolute Gasteiger partial charge is 0.252 e. The molecule has 0 atom stereocenters. The zero-order valence-corrected chi connectivity index (χ0v) is 14.5. The molecule has 5 nitrogen and oxygen atoms in total. The fourth-order valence-corrected chi connectivity index (χ4v) is 2.34. The van der Waals surface area contributed by atoms with Crippen molar-refractivity contribution >= 4 is 23.7 Å². The van der Waals surface area contributed by atoms with Crippen LogP contribution in [0.2, 0.25) is 5.02 Å². The fraction of sp³-hybridized carbons (Fsp3) is 0.389. The molecule has 0 spiro atoms. The Labute approximate surface area is 147 Å². The molecule has 2 rings (SSSR count). The summed E-state index contributed by atoms with van der Waals surface area (Å²) in [7, 11) is 0. The van der Waals surface area contributed by atoms with E-state index in [0.29, 0.717) is 10.9 Å². The topological polar surface area (TPSA) is 74.2 Å². The Morgan fingerprint density at radius 3 is 2.71 bits per heavy atom. The number of aryl methyl sites for hydroxylation is 1. The van der Waals surface area contributed by atoms with E-state index in [-0.39, 0.29) is 11.6 Å². The average Bonchev–Trinajstić information content (AvgIpc) is 2.99. The summed E-state index contributed by atoms with van der Waals surface area (Å²) in [6.07, 6.45) is 8.22. The Morgan fingerprint density at radius 2 is 2.00 bits per heavy atom. The van der Waals surface area contributed by atoms with E-state index in [2.05, 4.69) is 22.4 Å². The van der Waals surface area contributed by atoms with Crippen LogP contribution in [0.3, 0.4) is 0 Å². The number of aromatic nitrogens is 1. The molecule has 1 aromatic heterocycles. The molecular formula is C18H21ClN4O. The van der Waals surface area contributed by atoms with E-state index < -0.39 is 0 Å². The minimum atomic E-state index is 0.229. The number of rotatable bonds is 9. The van der Waals surface area contributed by atoms with E-state index in [0.717, 1.165) is 24.8 Å². The van der Waals surface area contributed by atoms with E-state index in [9.17, 15) is 0 Å². The number of oxazole rings is 1. The molecule has 1 aromatic carbocycles. The number of hydrogen-bond acceptors (Lipinski definition) is 5. The minimum Gasteiger partial charge on any atom is -0.422 e. The molecule has 0 aliphatic carbocycles. The highest BCUT2D eigenvalue weighted by Gasteiger charge is 2.12. The molecule has 0 unspecified atom stereocenters. The first kappa shape index (κ1) is 18.0. The maximum absolute atomic E-state index is 9.14. The Balaban J connectivity index is 1.90. The number of anilines is 1. The fourth-order valence-electron chi connectivity index (χ4n) is 2.22. The van der Waals surface area contributed by atoms with Crippen molar-refractivity contribution in [3.05, 3.63) is 46.4 Å².